The third kappa shape index (κ3) is 4.02. The molecule has 1 aromatic carbocycles. The first-order valence-electron chi connectivity index (χ1n) is 6.52. The SMILES string of the molecule is Nc1ccccc1CNCCOC1CCCC1. The number of hydrogen-bond acceptors (Lipinski definition) is 3. The van der Waals surface area contributed by atoms with Crippen molar-refractivity contribution in [3.8, 4) is 0 Å². The van der Waals surface area contributed by atoms with Gasteiger partial charge in [-0.25, -0.2) is 0 Å². The molecule has 1 aliphatic carbocycles. The summed E-state index contributed by atoms with van der Waals surface area (Å²) in [4.78, 5) is 0. The van der Waals surface area contributed by atoms with Gasteiger partial charge < -0.3 is 15.8 Å². The molecule has 0 amide bonds. The van der Waals surface area contributed by atoms with Crippen molar-refractivity contribution in [1.82, 2.24) is 5.32 Å². The number of nitrogens with one attached hydrogen (secondary N) is 1. The fourth-order valence-electron chi connectivity index (χ4n) is 2.27. The standard InChI is InChI=1S/C14H22N2O/c15-14-8-4-1-5-12(14)11-16-9-10-17-13-6-2-3-7-13/h1,4-5,8,13,16H,2-3,6-7,9-11,15H2. The lowest BCUT2D eigenvalue weighted by molar-refractivity contribution is 0.0603. The van der Waals surface area contributed by atoms with Crippen LogP contribution >= 0.6 is 0 Å². The molecule has 0 aliphatic heterocycles. The molecule has 1 saturated carbocycles. The van der Waals surface area contributed by atoms with Gasteiger partial charge in [0.2, 0.25) is 0 Å². The predicted molar refractivity (Wildman–Crippen MR) is 70.8 cm³/mol. The van der Waals surface area contributed by atoms with Crippen molar-refractivity contribution in [2.24, 2.45) is 0 Å². The van der Waals surface area contributed by atoms with Crippen LogP contribution in [-0.4, -0.2) is 19.3 Å². The van der Waals surface area contributed by atoms with E-state index in [1.807, 2.05) is 18.2 Å². The van der Waals surface area contributed by atoms with Gasteiger partial charge in [0.15, 0.2) is 0 Å². The Hall–Kier alpha value is -1.06. The fourth-order valence-corrected chi connectivity index (χ4v) is 2.27. The molecule has 0 bridgehead atoms. The lowest BCUT2D eigenvalue weighted by Crippen LogP contribution is -2.22. The van der Waals surface area contributed by atoms with Crippen molar-refractivity contribution in [1.29, 1.82) is 0 Å². The van der Waals surface area contributed by atoms with Crippen molar-refractivity contribution < 1.29 is 4.74 Å². The van der Waals surface area contributed by atoms with Gasteiger partial charge >= 0.3 is 0 Å². The molecule has 3 N–H and O–H groups in total. The van der Waals surface area contributed by atoms with Gasteiger partial charge in [-0.15, -0.1) is 0 Å². The molecule has 0 saturated heterocycles. The minimum atomic E-state index is 0.513. The van der Waals surface area contributed by atoms with Crippen molar-refractivity contribution >= 4 is 5.69 Å². The highest BCUT2D eigenvalue weighted by molar-refractivity contribution is 5.46. The maximum atomic E-state index is 5.86. The van der Waals surface area contributed by atoms with E-state index in [4.69, 9.17) is 10.5 Å². The predicted octanol–water partition coefficient (Wildman–Crippen LogP) is 2.32. The minimum absolute atomic E-state index is 0.513. The second kappa shape index (κ2) is 6.62. The highest BCUT2D eigenvalue weighted by Crippen LogP contribution is 2.20. The summed E-state index contributed by atoms with van der Waals surface area (Å²) < 4.78 is 5.78. The Morgan fingerprint density at radius 1 is 1.24 bits per heavy atom. The third-order valence-electron chi connectivity index (χ3n) is 3.31. The number of benzene rings is 1. The van der Waals surface area contributed by atoms with Crippen LogP contribution in [0.5, 0.6) is 0 Å². The van der Waals surface area contributed by atoms with Crippen LogP contribution in [0.15, 0.2) is 24.3 Å². The van der Waals surface area contributed by atoms with Crippen LogP contribution in [0.4, 0.5) is 5.69 Å². The lowest BCUT2D eigenvalue weighted by Gasteiger charge is -2.12. The van der Waals surface area contributed by atoms with Crippen LogP contribution in [0, 0.1) is 0 Å². The molecular formula is C14H22N2O. The summed E-state index contributed by atoms with van der Waals surface area (Å²) in [5.74, 6) is 0. The number of hydrogen-bond donors (Lipinski definition) is 2. The van der Waals surface area contributed by atoms with Gasteiger partial charge in [-0.3, -0.25) is 0 Å². The lowest BCUT2D eigenvalue weighted by atomic mass is 10.2. The zero-order chi connectivity index (χ0) is 11.9. The minimum Gasteiger partial charge on any atom is -0.398 e. The van der Waals surface area contributed by atoms with E-state index in [9.17, 15) is 0 Å². The molecule has 0 atom stereocenters. The monoisotopic (exact) mass is 234 g/mol. The Kier molecular flexibility index (Phi) is 4.83. The van der Waals surface area contributed by atoms with Gasteiger partial charge in [0.05, 0.1) is 12.7 Å². The van der Waals surface area contributed by atoms with E-state index in [1.54, 1.807) is 0 Å². The van der Waals surface area contributed by atoms with E-state index in [2.05, 4.69) is 11.4 Å². The smallest absolute Gasteiger partial charge is 0.0594 e. The van der Waals surface area contributed by atoms with Gasteiger partial charge in [-0.2, -0.15) is 0 Å². The number of nitrogens with two attached hydrogens (primary N) is 1. The quantitative estimate of drug-likeness (QED) is 0.586. The van der Waals surface area contributed by atoms with Crippen LogP contribution in [0.2, 0.25) is 0 Å². The highest BCUT2D eigenvalue weighted by atomic mass is 16.5. The summed E-state index contributed by atoms with van der Waals surface area (Å²) in [6.07, 6.45) is 5.66. The summed E-state index contributed by atoms with van der Waals surface area (Å²) in [6, 6.07) is 7.97. The van der Waals surface area contributed by atoms with Crippen molar-refractivity contribution in [2.45, 2.75) is 38.3 Å². The summed E-state index contributed by atoms with van der Waals surface area (Å²) in [5.41, 5.74) is 7.88. The highest BCUT2D eigenvalue weighted by Gasteiger charge is 2.14. The maximum absolute atomic E-state index is 5.86. The molecule has 0 heterocycles. The van der Waals surface area contributed by atoms with Crippen LogP contribution in [0.25, 0.3) is 0 Å². The largest absolute Gasteiger partial charge is 0.398 e. The normalized spacial score (nSPS) is 16.5. The van der Waals surface area contributed by atoms with Crippen LogP contribution in [0.1, 0.15) is 31.2 Å². The van der Waals surface area contributed by atoms with E-state index in [1.165, 1.54) is 25.7 Å². The van der Waals surface area contributed by atoms with E-state index >= 15 is 0 Å². The first-order valence-corrected chi connectivity index (χ1v) is 6.52. The molecule has 1 fully saturated rings. The van der Waals surface area contributed by atoms with Gasteiger partial charge in [0.25, 0.3) is 0 Å². The molecular weight excluding hydrogens is 212 g/mol. The summed E-state index contributed by atoms with van der Waals surface area (Å²) in [6.45, 7) is 2.52. The van der Waals surface area contributed by atoms with E-state index in [0.29, 0.717) is 6.10 Å². The third-order valence-corrected chi connectivity index (χ3v) is 3.31. The Balaban J connectivity index is 1.58. The molecule has 0 unspecified atom stereocenters. The molecule has 17 heavy (non-hydrogen) atoms. The van der Waals surface area contributed by atoms with Crippen LogP contribution in [0.3, 0.4) is 0 Å². The first kappa shape index (κ1) is 12.4. The van der Waals surface area contributed by atoms with Crippen LogP contribution in [-0.2, 0) is 11.3 Å². The maximum Gasteiger partial charge on any atom is 0.0594 e. The Morgan fingerprint density at radius 2 is 2.00 bits per heavy atom. The summed E-state index contributed by atoms with van der Waals surface area (Å²) in [7, 11) is 0. The molecule has 1 aromatic rings. The topological polar surface area (TPSA) is 47.3 Å². The number of anilines is 1. The molecule has 3 heteroatoms. The molecule has 1 aliphatic rings. The molecule has 0 aromatic heterocycles. The van der Waals surface area contributed by atoms with Crippen LogP contribution < -0.4 is 11.1 Å². The van der Waals surface area contributed by atoms with Gasteiger partial charge in [-0.05, 0) is 24.5 Å². The fraction of sp³-hybridized carbons (Fsp3) is 0.571. The molecule has 3 nitrogen and oxygen atoms in total. The number of nitrogen functional groups attached to an aromatic ring is 1. The average molecular weight is 234 g/mol. The molecule has 0 spiro atoms. The Labute approximate surface area is 103 Å². The number of ether oxygens (including phenoxy) is 1. The van der Waals surface area contributed by atoms with Crippen molar-refractivity contribution in [2.75, 3.05) is 18.9 Å². The Morgan fingerprint density at radius 3 is 2.76 bits per heavy atom. The van der Waals surface area contributed by atoms with E-state index < -0.39 is 0 Å². The Bertz CT molecular complexity index is 335. The van der Waals surface area contributed by atoms with E-state index in [0.717, 1.165) is 30.9 Å². The number of para-hydroxylation sites is 1. The second-order valence-electron chi connectivity index (χ2n) is 4.65. The van der Waals surface area contributed by atoms with Gasteiger partial charge in [0.1, 0.15) is 0 Å². The summed E-state index contributed by atoms with van der Waals surface area (Å²) >= 11 is 0. The van der Waals surface area contributed by atoms with Gasteiger partial charge in [0, 0.05) is 18.8 Å². The average Bonchev–Trinajstić information content (AvgIpc) is 2.84. The first-order chi connectivity index (χ1) is 8.36. The zero-order valence-corrected chi connectivity index (χ0v) is 10.3. The second-order valence-corrected chi connectivity index (χ2v) is 4.65. The molecule has 0 radical (unpaired) electrons. The van der Waals surface area contributed by atoms with Gasteiger partial charge in [-0.1, -0.05) is 31.0 Å². The molecule has 94 valence electrons. The van der Waals surface area contributed by atoms with Crippen molar-refractivity contribution in [3.05, 3.63) is 29.8 Å². The van der Waals surface area contributed by atoms with Crippen molar-refractivity contribution in [3.63, 3.8) is 0 Å². The molecule has 2 rings (SSSR count). The van der Waals surface area contributed by atoms with E-state index in [-0.39, 0.29) is 0 Å². The summed E-state index contributed by atoms with van der Waals surface area (Å²) in [5, 5.41) is 3.36. The zero-order valence-electron chi connectivity index (χ0n) is 10.3. The number of rotatable bonds is 6.